The van der Waals surface area contributed by atoms with Crippen LogP contribution in [0.25, 0.3) is 0 Å². The molecule has 0 saturated heterocycles. The minimum atomic E-state index is -2.33. The van der Waals surface area contributed by atoms with Crippen LogP contribution < -0.4 is 22.1 Å². The Labute approximate surface area is 515 Å². The van der Waals surface area contributed by atoms with Gasteiger partial charge in [-0.3, -0.25) is 33.6 Å². The number of thioether (sulfide) groups is 1. The maximum Gasteiger partial charge on any atom is 0.350 e. The molecule has 1 saturated carbocycles. The summed E-state index contributed by atoms with van der Waals surface area (Å²) in [4.78, 5) is 123. The Morgan fingerprint density at radius 2 is 1.20 bits per heavy atom. The van der Waals surface area contributed by atoms with E-state index in [1.807, 2.05) is 0 Å². The van der Waals surface area contributed by atoms with E-state index in [1.165, 1.54) is 31.2 Å². The second kappa shape index (κ2) is 37.0. The largest absolute Gasteiger partial charge is 0.465 e. The predicted molar refractivity (Wildman–Crippen MR) is 317 cm³/mol. The molecule has 0 aromatic heterocycles. The van der Waals surface area contributed by atoms with Crippen molar-refractivity contribution in [2.24, 2.45) is 22.8 Å². The van der Waals surface area contributed by atoms with E-state index in [4.69, 9.17) is 63.6 Å². The first kappa shape index (κ1) is 71.6. The van der Waals surface area contributed by atoms with Crippen molar-refractivity contribution >= 4 is 65.1 Å². The van der Waals surface area contributed by atoms with Gasteiger partial charge < -0.3 is 79.3 Å². The number of fused-ring (bicyclic) bond motifs is 2. The van der Waals surface area contributed by atoms with Crippen LogP contribution in [0.2, 0.25) is 0 Å². The number of primary amides is 1. The van der Waals surface area contributed by atoms with Gasteiger partial charge in [0, 0.05) is 62.3 Å². The number of hydrogen-bond donors (Lipinski definition) is 5. The summed E-state index contributed by atoms with van der Waals surface area (Å²) in [5.41, 5.74) is 7.73. The SMILES string of the molecule is CC(=O)OC[C@@H]1CC(=O)[C@H](OC(C)=O)C2=C(C)[C@@H](OC(=O)[C@H](OC(=O)CSCC(NC(=O)CCOCCOCCOCCOCCOCCOCCN)C(N)=O)[C@@H](NC(=O)c3ccccc3)c3ccccc3)C[C@@](O)([C@H]1OC(=O)c1ccccc1)C2(C)C. The van der Waals surface area contributed by atoms with Gasteiger partial charge in [0.2, 0.25) is 17.9 Å². The van der Waals surface area contributed by atoms with Crippen molar-refractivity contribution < 1.29 is 100 Å². The monoisotopic (exact) mass is 1250 g/mol. The molecule has 2 aliphatic rings. The van der Waals surface area contributed by atoms with Gasteiger partial charge in [0.25, 0.3) is 5.91 Å². The second-order valence-corrected chi connectivity index (χ2v) is 22.1. The van der Waals surface area contributed by atoms with Crippen LogP contribution in [0.3, 0.4) is 0 Å². The van der Waals surface area contributed by atoms with Crippen molar-refractivity contribution in [1.29, 1.82) is 0 Å². The van der Waals surface area contributed by atoms with Crippen LogP contribution >= 0.6 is 11.8 Å². The summed E-state index contributed by atoms with van der Waals surface area (Å²) in [6, 6.07) is 21.1. The minimum absolute atomic E-state index is 0.0120. The van der Waals surface area contributed by atoms with E-state index in [9.17, 15) is 43.5 Å². The molecule has 482 valence electrons. The van der Waals surface area contributed by atoms with Crippen molar-refractivity contribution in [2.75, 3.05) is 104 Å². The third-order valence-electron chi connectivity index (χ3n) is 14.4. The molecule has 5 rings (SSSR count). The summed E-state index contributed by atoms with van der Waals surface area (Å²) >= 11 is 0.836. The number of nitrogens with two attached hydrogens (primary N) is 2. The van der Waals surface area contributed by atoms with Crippen molar-refractivity contribution in [2.45, 2.75) is 96.0 Å². The molecule has 0 spiro atoms. The third-order valence-corrected chi connectivity index (χ3v) is 15.4. The van der Waals surface area contributed by atoms with E-state index in [2.05, 4.69) is 10.6 Å². The Morgan fingerprint density at radius 1 is 0.682 bits per heavy atom. The van der Waals surface area contributed by atoms with Crippen LogP contribution in [0, 0.1) is 11.3 Å². The Morgan fingerprint density at radius 3 is 1.73 bits per heavy atom. The predicted octanol–water partition coefficient (Wildman–Crippen LogP) is 2.92. The fourth-order valence-corrected chi connectivity index (χ4v) is 10.8. The molecule has 8 atom stereocenters. The maximum atomic E-state index is 15.2. The fraction of sp³-hybridized carbons (Fsp3) is 0.532. The first-order chi connectivity index (χ1) is 42.2. The van der Waals surface area contributed by atoms with E-state index >= 15 is 4.79 Å². The smallest absolute Gasteiger partial charge is 0.350 e. The third kappa shape index (κ3) is 22.2. The van der Waals surface area contributed by atoms with E-state index in [1.54, 1.807) is 80.6 Å². The molecule has 3 amide bonds. The normalized spacial score (nSPS) is 19.8. The summed E-state index contributed by atoms with van der Waals surface area (Å²) in [7, 11) is 0. The molecule has 3 aromatic carbocycles. The average Bonchev–Trinajstić information content (AvgIpc) is 0.730. The molecule has 7 N–H and O–H groups in total. The fourth-order valence-electron chi connectivity index (χ4n) is 9.98. The van der Waals surface area contributed by atoms with E-state index < -0.39 is 132 Å². The average molecular weight is 1250 g/mol. The zero-order valence-corrected chi connectivity index (χ0v) is 51.1. The highest BCUT2D eigenvalue weighted by Crippen LogP contribution is 2.55. The molecule has 1 fully saturated rings. The van der Waals surface area contributed by atoms with Crippen molar-refractivity contribution in [3.05, 3.63) is 119 Å². The Bertz CT molecular complexity index is 2790. The van der Waals surface area contributed by atoms with Gasteiger partial charge in [0.05, 0.1) is 97.2 Å². The van der Waals surface area contributed by atoms with Gasteiger partial charge in [-0.25, -0.2) is 9.59 Å². The van der Waals surface area contributed by atoms with Gasteiger partial charge in [0.1, 0.15) is 29.9 Å². The van der Waals surface area contributed by atoms with Crippen LogP contribution in [-0.4, -0.2) is 198 Å². The molecule has 25 nitrogen and oxygen atoms in total. The lowest BCUT2D eigenvalue weighted by molar-refractivity contribution is -0.204. The number of esters is 5. The lowest BCUT2D eigenvalue weighted by Crippen LogP contribution is -2.66. The van der Waals surface area contributed by atoms with Gasteiger partial charge in [-0.05, 0) is 47.9 Å². The van der Waals surface area contributed by atoms with Gasteiger partial charge in [0.15, 0.2) is 11.9 Å². The molecule has 0 heterocycles. The standard InChI is InChI=1S/C62H82N4O21S/c1-40-49(36-62(76)56(87-59(74)45-19-13-8-14-20-45)46(37-83-41(2)67)35-48(69)54(84-42(3)68)52(40)61(62,4)5)85-60(75)55(53(43-15-9-6-10-16-43)66-58(73)44-17-11-7-12-18-44)86-51(71)39-88-38-47(57(64)72)65-50(70)21-23-77-25-27-79-29-31-81-33-34-82-32-30-80-28-26-78-24-22-63/h6-20,46-47,49,53-56,76H,21-39,63H2,1-5H3,(H2,64,72)(H,65,70)(H,66,73)/t46-,47?,49-,53-,54-,55+,56-,62+/m0/s1. The Hall–Kier alpha value is -7.14. The van der Waals surface area contributed by atoms with Gasteiger partial charge in [-0.2, -0.15) is 0 Å². The number of rotatable bonds is 38. The number of aliphatic hydroxyl groups is 1. The number of benzene rings is 3. The van der Waals surface area contributed by atoms with Crippen LogP contribution in [0.1, 0.15) is 86.2 Å². The molecule has 1 unspecified atom stereocenters. The highest BCUT2D eigenvalue weighted by Gasteiger charge is 2.64. The number of hydrogen-bond acceptors (Lipinski definition) is 23. The molecule has 2 aliphatic carbocycles. The summed E-state index contributed by atoms with van der Waals surface area (Å²) in [6.07, 6.45) is -8.18. The maximum absolute atomic E-state index is 15.2. The topological polar surface area (TPSA) is 351 Å². The van der Waals surface area contributed by atoms with Crippen molar-refractivity contribution in [1.82, 2.24) is 10.6 Å². The first-order valence-electron chi connectivity index (χ1n) is 28.8. The zero-order valence-electron chi connectivity index (χ0n) is 50.3. The lowest BCUT2D eigenvalue weighted by Gasteiger charge is -2.56. The van der Waals surface area contributed by atoms with E-state index in [0.717, 1.165) is 25.6 Å². The zero-order chi connectivity index (χ0) is 64.1. The quantitative estimate of drug-likeness (QED) is 0.0238. The number of amides is 3. The van der Waals surface area contributed by atoms with Gasteiger partial charge >= 0.3 is 29.8 Å². The summed E-state index contributed by atoms with van der Waals surface area (Å²) in [5.74, 6) is -9.77. The van der Waals surface area contributed by atoms with Crippen LogP contribution in [0.5, 0.6) is 0 Å². The van der Waals surface area contributed by atoms with Crippen molar-refractivity contribution in [3.63, 3.8) is 0 Å². The highest BCUT2D eigenvalue weighted by atomic mass is 32.2. The molecule has 2 bridgehead atoms. The minimum Gasteiger partial charge on any atom is -0.465 e. The molecule has 3 aromatic rings. The number of ether oxygens (including phenoxy) is 11. The molecule has 26 heteroatoms. The second-order valence-electron chi connectivity index (χ2n) is 21.1. The molecular formula is C62H82N4O21S. The van der Waals surface area contributed by atoms with Crippen LogP contribution in [0.4, 0.5) is 0 Å². The number of carbonyl (C=O) groups excluding carboxylic acids is 9. The van der Waals surface area contributed by atoms with Gasteiger partial charge in [-0.15, -0.1) is 11.8 Å². The van der Waals surface area contributed by atoms with E-state index in [-0.39, 0.29) is 59.8 Å². The molecule has 0 radical (unpaired) electrons. The number of ketones is 1. The summed E-state index contributed by atoms with van der Waals surface area (Å²) in [5, 5.41) is 18.8. The number of Topliss-reactive ketones (excluding diaryl/α,β-unsaturated/α-hetero) is 1. The molecular weight excluding hydrogens is 1170 g/mol. The van der Waals surface area contributed by atoms with Crippen LogP contribution in [0.15, 0.2) is 102 Å². The number of nitrogens with one attached hydrogen (secondary N) is 2. The molecule has 88 heavy (non-hydrogen) atoms. The van der Waals surface area contributed by atoms with Crippen molar-refractivity contribution in [3.8, 4) is 0 Å². The highest BCUT2D eigenvalue weighted by molar-refractivity contribution is 8.00. The van der Waals surface area contributed by atoms with Crippen LogP contribution in [-0.2, 0) is 85.7 Å². The lowest BCUT2D eigenvalue weighted by atomic mass is 9.55. The first-order valence-corrected chi connectivity index (χ1v) is 30.0. The number of carbonyl (C=O) groups is 9. The summed E-state index contributed by atoms with van der Waals surface area (Å²) < 4.78 is 62.1. The molecule has 0 aliphatic heterocycles. The van der Waals surface area contributed by atoms with E-state index in [0.29, 0.717) is 66.0 Å². The Balaban J connectivity index is 1.30. The van der Waals surface area contributed by atoms with Gasteiger partial charge in [-0.1, -0.05) is 80.6 Å². The summed E-state index contributed by atoms with van der Waals surface area (Å²) in [6.45, 7) is 10.8. The Kier molecular flexibility index (Phi) is 30.1.